The van der Waals surface area contributed by atoms with E-state index in [1.165, 1.54) is 0 Å². The Labute approximate surface area is 97.6 Å². The maximum atomic E-state index is 11.8. The molecule has 0 heterocycles. The van der Waals surface area contributed by atoms with Crippen LogP contribution in [0.1, 0.15) is 44.0 Å². The van der Waals surface area contributed by atoms with Gasteiger partial charge in [0.05, 0.1) is 6.61 Å². The Morgan fingerprint density at radius 1 is 1.25 bits per heavy atom. The van der Waals surface area contributed by atoms with Crippen LogP contribution in [0.25, 0.3) is 0 Å². The average Bonchev–Trinajstić information content (AvgIpc) is 2.30. The maximum absolute atomic E-state index is 11.8. The minimum absolute atomic E-state index is 0.220. The summed E-state index contributed by atoms with van der Waals surface area (Å²) in [4.78, 5) is 11.8. The van der Waals surface area contributed by atoms with Crippen molar-refractivity contribution in [3.63, 3.8) is 0 Å². The molecule has 0 saturated heterocycles. The number of benzene rings is 1. The number of carbonyl (C=O) groups is 1. The minimum Gasteiger partial charge on any atom is -0.494 e. The number of Topliss-reactive ketones (excluding diaryl/α,β-unsaturated/α-hetero) is 1. The molecule has 1 unspecified atom stereocenters. The standard InChI is InChI=1S/C14H20O2/c1-4-11(3)10-14(15)12-6-8-13(9-7-12)16-5-2/h6-9,11H,4-5,10H2,1-3H3. The van der Waals surface area contributed by atoms with Crippen molar-refractivity contribution >= 4 is 5.78 Å². The predicted octanol–water partition coefficient (Wildman–Crippen LogP) is 3.70. The summed E-state index contributed by atoms with van der Waals surface area (Å²) in [6.07, 6.45) is 1.67. The lowest BCUT2D eigenvalue weighted by Gasteiger charge is -2.08. The van der Waals surface area contributed by atoms with Crippen LogP contribution in [0.3, 0.4) is 0 Å². The van der Waals surface area contributed by atoms with Gasteiger partial charge >= 0.3 is 0 Å². The Morgan fingerprint density at radius 3 is 2.38 bits per heavy atom. The van der Waals surface area contributed by atoms with Gasteiger partial charge in [-0.15, -0.1) is 0 Å². The van der Waals surface area contributed by atoms with E-state index in [0.717, 1.165) is 17.7 Å². The number of carbonyl (C=O) groups excluding carboxylic acids is 1. The Balaban J connectivity index is 2.63. The van der Waals surface area contributed by atoms with Crippen molar-refractivity contribution in [1.29, 1.82) is 0 Å². The highest BCUT2D eigenvalue weighted by Crippen LogP contribution is 2.16. The summed E-state index contributed by atoms with van der Waals surface area (Å²) in [6.45, 7) is 6.81. The first-order chi connectivity index (χ1) is 7.67. The van der Waals surface area contributed by atoms with E-state index in [-0.39, 0.29) is 5.78 Å². The van der Waals surface area contributed by atoms with Gasteiger partial charge in [-0.3, -0.25) is 4.79 Å². The van der Waals surface area contributed by atoms with Gasteiger partial charge < -0.3 is 4.74 Å². The summed E-state index contributed by atoms with van der Waals surface area (Å²) in [5, 5.41) is 0. The van der Waals surface area contributed by atoms with Crippen LogP contribution in [-0.2, 0) is 0 Å². The number of hydrogen-bond acceptors (Lipinski definition) is 2. The molecule has 2 heteroatoms. The van der Waals surface area contributed by atoms with Gasteiger partial charge in [-0.25, -0.2) is 0 Å². The molecule has 0 aromatic heterocycles. The van der Waals surface area contributed by atoms with E-state index in [1.54, 1.807) is 0 Å². The lowest BCUT2D eigenvalue weighted by atomic mass is 9.98. The van der Waals surface area contributed by atoms with Crippen molar-refractivity contribution in [2.24, 2.45) is 5.92 Å². The van der Waals surface area contributed by atoms with Crippen LogP contribution in [-0.4, -0.2) is 12.4 Å². The van der Waals surface area contributed by atoms with E-state index < -0.39 is 0 Å². The molecular formula is C14H20O2. The van der Waals surface area contributed by atoms with Crippen molar-refractivity contribution in [2.75, 3.05) is 6.61 Å². The Morgan fingerprint density at radius 2 is 1.88 bits per heavy atom. The van der Waals surface area contributed by atoms with E-state index in [1.807, 2.05) is 31.2 Å². The summed E-state index contributed by atoms with van der Waals surface area (Å²) >= 11 is 0. The highest BCUT2D eigenvalue weighted by molar-refractivity contribution is 5.96. The van der Waals surface area contributed by atoms with E-state index >= 15 is 0 Å². The second kappa shape index (κ2) is 6.31. The van der Waals surface area contributed by atoms with E-state index in [4.69, 9.17) is 4.74 Å². The van der Waals surface area contributed by atoms with Crippen molar-refractivity contribution in [3.05, 3.63) is 29.8 Å². The van der Waals surface area contributed by atoms with Crippen LogP contribution in [0.5, 0.6) is 5.75 Å². The summed E-state index contributed by atoms with van der Waals surface area (Å²) in [7, 11) is 0. The smallest absolute Gasteiger partial charge is 0.163 e. The van der Waals surface area contributed by atoms with Crippen LogP contribution in [0.2, 0.25) is 0 Å². The first-order valence-corrected chi connectivity index (χ1v) is 5.93. The fourth-order valence-corrected chi connectivity index (χ4v) is 1.48. The van der Waals surface area contributed by atoms with Gasteiger partial charge in [-0.05, 0) is 37.1 Å². The first kappa shape index (κ1) is 12.8. The second-order valence-corrected chi connectivity index (χ2v) is 4.10. The number of rotatable bonds is 6. The van der Waals surface area contributed by atoms with Crippen LogP contribution >= 0.6 is 0 Å². The molecule has 0 amide bonds. The molecule has 16 heavy (non-hydrogen) atoms. The molecule has 88 valence electrons. The van der Waals surface area contributed by atoms with Gasteiger partial charge in [-0.2, -0.15) is 0 Å². The molecule has 0 radical (unpaired) electrons. The fourth-order valence-electron chi connectivity index (χ4n) is 1.48. The quantitative estimate of drug-likeness (QED) is 0.683. The van der Waals surface area contributed by atoms with Crippen LogP contribution in [0.15, 0.2) is 24.3 Å². The molecule has 0 bridgehead atoms. The van der Waals surface area contributed by atoms with Gasteiger partial charge in [0.1, 0.15) is 5.75 Å². The summed E-state index contributed by atoms with van der Waals surface area (Å²) in [6, 6.07) is 7.39. The highest BCUT2D eigenvalue weighted by Gasteiger charge is 2.09. The van der Waals surface area contributed by atoms with Gasteiger partial charge in [0.2, 0.25) is 0 Å². The lowest BCUT2D eigenvalue weighted by molar-refractivity contribution is 0.0963. The third-order valence-electron chi connectivity index (χ3n) is 2.72. The molecule has 0 N–H and O–H groups in total. The zero-order valence-corrected chi connectivity index (χ0v) is 10.3. The number of ketones is 1. The third-order valence-corrected chi connectivity index (χ3v) is 2.72. The molecule has 1 aromatic rings. The van der Waals surface area contributed by atoms with Crippen molar-refractivity contribution in [2.45, 2.75) is 33.6 Å². The van der Waals surface area contributed by atoms with Gasteiger partial charge in [0.25, 0.3) is 0 Å². The van der Waals surface area contributed by atoms with Crippen LogP contribution in [0, 0.1) is 5.92 Å². The monoisotopic (exact) mass is 220 g/mol. The van der Waals surface area contributed by atoms with E-state index in [9.17, 15) is 4.79 Å². The normalized spacial score (nSPS) is 12.2. The molecule has 0 saturated carbocycles. The first-order valence-electron chi connectivity index (χ1n) is 5.93. The summed E-state index contributed by atoms with van der Waals surface area (Å²) < 4.78 is 5.33. The minimum atomic E-state index is 0.220. The molecule has 0 aliphatic heterocycles. The zero-order valence-electron chi connectivity index (χ0n) is 10.3. The zero-order chi connectivity index (χ0) is 12.0. The molecule has 1 atom stereocenters. The molecule has 0 fully saturated rings. The average molecular weight is 220 g/mol. The molecule has 0 aliphatic carbocycles. The fraction of sp³-hybridized carbons (Fsp3) is 0.500. The second-order valence-electron chi connectivity index (χ2n) is 4.10. The Hall–Kier alpha value is -1.31. The van der Waals surface area contributed by atoms with Crippen molar-refractivity contribution < 1.29 is 9.53 Å². The predicted molar refractivity (Wildman–Crippen MR) is 66.0 cm³/mol. The van der Waals surface area contributed by atoms with E-state index in [2.05, 4.69) is 13.8 Å². The lowest BCUT2D eigenvalue weighted by Crippen LogP contribution is -2.05. The molecular weight excluding hydrogens is 200 g/mol. The summed E-state index contributed by atoms with van der Waals surface area (Å²) in [5.41, 5.74) is 0.781. The Kier molecular flexibility index (Phi) is 5.03. The maximum Gasteiger partial charge on any atom is 0.163 e. The highest BCUT2D eigenvalue weighted by atomic mass is 16.5. The molecule has 2 nitrogen and oxygen atoms in total. The largest absolute Gasteiger partial charge is 0.494 e. The van der Waals surface area contributed by atoms with Crippen molar-refractivity contribution in [3.8, 4) is 5.75 Å². The number of ether oxygens (including phenoxy) is 1. The molecule has 1 rings (SSSR count). The van der Waals surface area contributed by atoms with Gasteiger partial charge in [-0.1, -0.05) is 20.3 Å². The van der Waals surface area contributed by atoms with Gasteiger partial charge in [0, 0.05) is 12.0 Å². The van der Waals surface area contributed by atoms with Crippen molar-refractivity contribution in [1.82, 2.24) is 0 Å². The topological polar surface area (TPSA) is 26.3 Å². The summed E-state index contributed by atoms with van der Waals surface area (Å²) in [5.74, 6) is 1.50. The molecule has 1 aromatic carbocycles. The number of hydrogen-bond donors (Lipinski definition) is 0. The SMILES string of the molecule is CCOc1ccc(C(=O)CC(C)CC)cc1. The Bertz CT molecular complexity index is 327. The third kappa shape index (κ3) is 3.69. The van der Waals surface area contributed by atoms with E-state index in [0.29, 0.717) is 18.9 Å². The molecule has 0 aliphatic rings. The van der Waals surface area contributed by atoms with Crippen LogP contribution < -0.4 is 4.74 Å². The molecule has 0 spiro atoms. The van der Waals surface area contributed by atoms with Gasteiger partial charge in [0.15, 0.2) is 5.78 Å². The van der Waals surface area contributed by atoms with Crippen LogP contribution in [0.4, 0.5) is 0 Å².